The summed E-state index contributed by atoms with van der Waals surface area (Å²) >= 11 is 0. The lowest BCUT2D eigenvalue weighted by molar-refractivity contribution is 0.0945. The molecule has 0 unspecified atom stereocenters. The van der Waals surface area contributed by atoms with Crippen molar-refractivity contribution in [3.8, 4) is 28.4 Å². The number of para-hydroxylation sites is 1. The number of hydrogen-bond acceptors (Lipinski definition) is 5. The van der Waals surface area contributed by atoms with Crippen LogP contribution in [0.5, 0.6) is 11.5 Å². The molecular weight excluding hydrogens is 389 g/mol. The molecular formula is C22H22FN3O4. The van der Waals surface area contributed by atoms with Gasteiger partial charge >= 0.3 is 0 Å². The van der Waals surface area contributed by atoms with Crippen LogP contribution in [0.2, 0.25) is 0 Å². The van der Waals surface area contributed by atoms with E-state index >= 15 is 0 Å². The standard InChI is InChI=1S/C22H22FN3O4/c1-29-18-11-13-10-15-20(22(28)24-8-5-9-27)25-26(17-7-4-3-6-16(17)23)21(15)14(13)12-19(18)30-2/h3-4,6-7,11-12,27H,5,8-10H2,1-2H3,(H,24,28). The number of methoxy groups -OCH3 is 2. The summed E-state index contributed by atoms with van der Waals surface area (Å²) < 4.78 is 26.9. The normalized spacial score (nSPS) is 11.7. The third-order valence-electron chi connectivity index (χ3n) is 5.13. The molecule has 2 aromatic carbocycles. The van der Waals surface area contributed by atoms with Crippen LogP contribution in [0.25, 0.3) is 16.9 Å². The zero-order valence-corrected chi connectivity index (χ0v) is 16.7. The number of fused-ring (bicyclic) bond motifs is 3. The maximum Gasteiger partial charge on any atom is 0.272 e. The van der Waals surface area contributed by atoms with Crippen LogP contribution < -0.4 is 14.8 Å². The predicted molar refractivity (Wildman–Crippen MR) is 109 cm³/mol. The van der Waals surface area contributed by atoms with Crippen molar-refractivity contribution < 1.29 is 23.8 Å². The van der Waals surface area contributed by atoms with E-state index in [0.717, 1.165) is 11.1 Å². The van der Waals surface area contributed by atoms with Crippen LogP contribution in [0.3, 0.4) is 0 Å². The number of nitrogens with one attached hydrogen (secondary N) is 1. The summed E-state index contributed by atoms with van der Waals surface area (Å²) in [6.45, 7) is 0.304. The number of carbonyl (C=O) groups is 1. The van der Waals surface area contributed by atoms with Gasteiger partial charge < -0.3 is 19.9 Å². The van der Waals surface area contributed by atoms with Crippen molar-refractivity contribution in [3.63, 3.8) is 0 Å². The molecule has 2 N–H and O–H groups in total. The number of halogens is 1. The van der Waals surface area contributed by atoms with E-state index in [1.807, 2.05) is 12.1 Å². The van der Waals surface area contributed by atoms with Crippen molar-refractivity contribution in [2.45, 2.75) is 12.8 Å². The minimum Gasteiger partial charge on any atom is -0.493 e. The fraction of sp³-hybridized carbons (Fsp3) is 0.273. The highest BCUT2D eigenvalue weighted by Crippen LogP contribution is 2.44. The number of benzene rings is 2. The van der Waals surface area contributed by atoms with Crippen molar-refractivity contribution in [2.24, 2.45) is 0 Å². The van der Waals surface area contributed by atoms with Gasteiger partial charge in [0.15, 0.2) is 17.2 Å². The lowest BCUT2D eigenvalue weighted by atomic mass is 10.1. The molecule has 1 aliphatic carbocycles. The first kappa shape index (κ1) is 19.9. The lowest BCUT2D eigenvalue weighted by Gasteiger charge is -2.12. The maximum atomic E-state index is 14.6. The molecule has 3 aromatic rings. The second-order valence-electron chi connectivity index (χ2n) is 6.91. The van der Waals surface area contributed by atoms with Crippen molar-refractivity contribution in [2.75, 3.05) is 27.4 Å². The molecule has 1 heterocycles. The molecule has 0 saturated carbocycles. The minimum atomic E-state index is -0.441. The molecule has 0 radical (unpaired) electrons. The predicted octanol–water partition coefficient (Wildman–Crippen LogP) is 2.71. The van der Waals surface area contributed by atoms with Gasteiger partial charge in [-0.05, 0) is 36.2 Å². The monoisotopic (exact) mass is 411 g/mol. The Morgan fingerprint density at radius 2 is 1.97 bits per heavy atom. The Morgan fingerprint density at radius 1 is 1.23 bits per heavy atom. The smallest absolute Gasteiger partial charge is 0.272 e. The van der Waals surface area contributed by atoms with Gasteiger partial charge in [0.2, 0.25) is 0 Å². The average molecular weight is 411 g/mol. The van der Waals surface area contributed by atoms with Gasteiger partial charge in [0, 0.05) is 30.7 Å². The summed E-state index contributed by atoms with van der Waals surface area (Å²) in [6, 6.07) is 9.99. The van der Waals surface area contributed by atoms with Gasteiger partial charge in [-0.25, -0.2) is 9.07 Å². The van der Waals surface area contributed by atoms with E-state index in [9.17, 15) is 9.18 Å². The third-order valence-corrected chi connectivity index (χ3v) is 5.13. The number of amides is 1. The number of rotatable bonds is 7. The average Bonchev–Trinajstić information content (AvgIpc) is 3.30. The largest absolute Gasteiger partial charge is 0.493 e. The summed E-state index contributed by atoms with van der Waals surface area (Å²) in [4.78, 5) is 12.8. The highest BCUT2D eigenvalue weighted by molar-refractivity contribution is 5.97. The Bertz CT molecular complexity index is 1110. The molecule has 0 saturated heterocycles. The number of aromatic nitrogens is 2. The molecule has 30 heavy (non-hydrogen) atoms. The number of aliphatic hydroxyl groups is 1. The van der Waals surface area contributed by atoms with Crippen LogP contribution in [-0.4, -0.2) is 48.2 Å². The number of ether oxygens (including phenoxy) is 2. The second kappa shape index (κ2) is 8.16. The van der Waals surface area contributed by atoms with E-state index < -0.39 is 5.82 Å². The molecule has 0 aliphatic heterocycles. The van der Waals surface area contributed by atoms with Crippen LogP contribution in [0.1, 0.15) is 28.0 Å². The Kier molecular flexibility index (Phi) is 5.41. The fourth-order valence-electron chi connectivity index (χ4n) is 3.72. The number of aliphatic hydroxyl groups excluding tert-OH is 1. The number of nitrogens with zero attached hydrogens (tertiary/aromatic N) is 2. The van der Waals surface area contributed by atoms with E-state index in [4.69, 9.17) is 14.6 Å². The Hall–Kier alpha value is -3.39. The van der Waals surface area contributed by atoms with E-state index in [-0.39, 0.29) is 23.9 Å². The van der Waals surface area contributed by atoms with Gasteiger partial charge in [0.1, 0.15) is 11.5 Å². The highest BCUT2D eigenvalue weighted by Gasteiger charge is 2.32. The maximum absolute atomic E-state index is 14.6. The number of hydrogen-bond donors (Lipinski definition) is 2. The van der Waals surface area contributed by atoms with Crippen LogP contribution in [0, 0.1) is 5.82 Å². The lowest BCUT2D eigenvalue weighted by Crippen LogP contribution is -2.26. The summed E-state index contributed by atoms with van der Waals surface area (Å²) in [5.41, 5.74) is 3.61. The zero-order chi connectivity index (χ0) is 21.3. The van der Waals surface area contributed by atoms with Crippen molar-refractivity contribution in [3.05, 3.63) is 59.0 Å². The zero-order valence-electron chi connectivity index (χ0n) is 16.7. The topological polar surface area (TPSA) is 85.6 Å². The van der Waals surface area contributed by atoms with Gasteiger partial charge in [0.05, 0.1) is 19.9 Å². The summed E-state index contributed by atoms with van der Waals surface area (Å²) in [5, 5.41) is 16.2. The Morgan fingerprint density at radius 3 is 2.67 bits per heavy atom. The van der Waals surface area contributed by atoms with E-state index in [0.29, 0.717) is 42.1 Å². The van der Waals surface area contributed by atoms with Gasteiger partial charge in [-0.3, -0.25) is 4.79 Å². The van der Waals surface area contributed by atoms with Gasteiger partial charge in [-0.15, -0.1) is 0 Å². The molecule has 4 rings (SSSR count). The first-order valence-corrected chi connectivity index (χ1v) is 9.60. The van der Waals surface area contributed by atoms with Gasteiger partial charge in [-0.1, -0.05) is 12.1 Å². The molecule has 8 heteroatoms. The summed E-state index contributed by atoms with van der Waals surface area (Å²) in [5.74, 6) is 0.325. The minimum absolute atomic E-state index is 0.0207. The molecule has 0 spiro atoms. The van der Waals surface area contributed by atoms with Crippen LogP contribution in [-0.2, 0) is 6.42 Å². The van der Waals surface area contributed by atoms with Crippen LogP contribution >= 0.6 is 0 Å². The van der Waals surface area contributed by atoms with Crippen molar-refractivity contribution in [1.29, 1.82) is 0 Å². The molecule has 7 nitrogen and oxygen atoms in total. The molecule has 1 aromatic heterocycles. The summed E-state index contributed by atoms with van der Waals surface area (Å²) in [7, 11) is 3.11. The number of carbonyl (C=O) groups excluding carboxylic acids is 1. The van der Waals surface area contributed by atoms with Crippen molar-refractivity contribution >= 4 is 5.91 Å². The van der Waals surface area contributed by atoms with Gasteiger partial charge in [0.25, 0.3) is 5.91 Å². The molecule has 1 amide bonds. The van der Waals surface area contributed by atoms with Crippen LogP contribution in [0.15, 0.2) is 36.4 Å². The second-order valence-corrected chi connectivity index (χ2v) is 6.91. The Balaban J connectivity index is 1.88. The van der Waals surface area contributed by atoms with E-state index in [1.54, 1.807) is 32.4 Å². The molecule has 0 fully saturated rings. The third kappa shape index (κ3) is 3.29. The Labute approximate surface area is 173 Å². The quantitative estimate of drug-likeness (QED) is 0.457. The first-order valence-electron chi connectivity index (χ1n) is 9.60. The fourth-order valence-corrected chi connectivity index (χ4v) is 3.72. The van der Waals surface area contributed by atoms with Gasteiger partial charge in [-0.2, -0.15) is 5.10 Å². The highest BCUT2D eigenvalue weighted by atomic mass is 19.1. The SMILES string of the molecule is COc1cc2c(cc1OC)-c1c(c(C(=O)NCCCO)nn1-c1ccccc1F)C2. The molecule has 1 aliphatic rings. The van der Waals surface area contributed by atoms with Crippen molar-refractivity contribution in [1.82, 2.24) is 15.1 Å². The van der Waals surface area contributed by atoms with E-state index in [1.165, 1.54) is 10.7 Å². The first-order chi connectivity index (χ1) is 14.6. The summed E-state index contributed by atoms with van der Waals surface area (Å²) in [6.07, 6.45) is 0.902. The molecule has 0 bridgehead atoms. The van der Waals surface area contributed by atoms with E-state index in [2.05, 4.69) is 10.4 Å². The molecule has 156 valence electrons. The van der Waals surface area contributed by atoms with Crippen LogP contribution in [0.4, 0.5) is 4.39 Å². The molecule has 0 atom stereocenters.